The van der Waals surface area contributed by atoms with Crippen LogP contribution in [0.5, 0.6) is 0 Å². The molecule has 0 spiro atoms. The second kappa shape index (κ2) is 4.36. The predicted molar refractivity (Wildman–Crippen MR) is 53.6 cm³/mol. The summed E-state index contributed by atoms with van der Waals surface area (Å²) in [4.78, 5) is 3.92. The van der Waals surface area contributed by atoms with E-state index < -0.39 is 17.7 Å². The summed E-state index contributed by atoms with van der Waals surface area (Å²) in [5.74, 6) is -1.32. The molecule has 6 heteroatoms. The van der Waals surface area contributed by atoms with Crippen LogP contribution in [-0.4, -0.2) is 22.2 Å². The number of rotatable bonds is 3. The van der Waals surface area contributed by atoms with Crippen LogP contribution in [0.1, 0.15) is 17.4 Å². The lowest BCUT2D eigenvalue weighted by Crippen LogP contribution is -2.20. The molecule has 0 aliphatic heterocycles. The minimum atomic E-state index is -0.878. The van der Waals surface area contributed by atoms with Gasteiger partial charge in [0.15, 0.2) is 11.6 Å². The Morgan fingerprint density at radius 2 is 2.19 bits per heavy atom. The Morgan fingerprint density at radius 1 is 1.38 bits per heavy atom. The Kier molecular flexibility index (Phi) is 2.91. The average Bonchev–Trinajstić information content (AvgIpc) is 2.79. The minimum Gasteiger partial charge on any atom is -0.307 e. The third-order valence-corrected chi connectivity index (χ3v) is 2.29. The molecular formula is C10H10F2N4. The monoisotopic (exact) mass is 224 g/mol. The molecule has 16 heavy (non-hydrogen) atoms. The van der Waals surface area contributed by atoms with Crippen molar-refractivity contribution in [3.05, 3.63) is 47.5 Å². The van der Waals surface area contributed by atoms with Crippen LogP contribution < -0.4 is 5.32 Å². The Bertz CT molecular complexity index is 470. The highest BCUT2D eigenvalue weighted by Crippen LogP contribution is 2.22. The van der Waals surface area contributed by atoms with E-state index in [1.165, 1.54) is 18.5 Å². The van der Waals surface area contributed by atoms with Crippen LogP contribution in [0.15, 0.2) is 24.5 Å². The number of H-pyrrole nitrogens is 1. The molecule has 1 heterocycles. The van der Waals surface area contributed by atoms with Crippen molar-refractivity contribution in [3.8, 4) is 0 Å². The number of hydrogen-bond donors (Lipinski definition) is 2. The zero-order chi connectivity index (χ0) is 11.5. The molecule has 0 amide bonds. The molecule has 84 valence electrons. The van der Waals surface area contributed by atoms with Gasteiger partial charge in [-0.05, 0) is 13.1 Å². The maximum absolute atomic E-state index is 13.6. The molecular weight excluding hydrogens is 214 g/mol. The topological polar surface area (TPSA) is 53.6 Å². The second-order valence-corrected chi connectivity index (χ2v) is 3.24. The van der Waals surface area contributed by atoms with Gasteiger partial charge in [0.1, 0.15) is 12.2 Å². The highest BCUT2D eigenvalue weighted by Gasteiger charge is 2.20. The van der Waals surface area contributed by atoms with E-state index >= 15 is 0 Å². The Labute approximate surface area is 90.7 Å². The molecule has 4 nitrogen and oxygen atoms in total. The lowest BCUT2D eigenvalue weighted by Gasteiger charge is -2.14. The van der Waals surface area contributed by atoms with Gasteiger partial charge < -0.3 is 5.32 Å². The van der Waals surface area contributed by atoms with Crippen LogP contribution in [0.3, 0.4) is 0 Å². The molecule has 1 atom stereocenters. The standard InChI is InChI=1S/C10H10F2N4/c1-13-9(10-14-5-15-16-10)6-3-2-4-7(11)8(6)12/h2-5,9,13H,1H3,(H,14,15,16). The van der Waals surface area contributed by atoms with Gasteiger partial charge in [0.25, 0.3) is 0 Å². The molecule has 0 saturated carbocycles. The van der Waals surface area contributed by atoms with Gasteiger partial charge in [0.05, 0.1) is 6.04 Å². The van der Waals surface area contributed by atoms with E-state index in [-0.39, 0.29) is 5.56 Å². The van der Waals surface area contributed by atoms with Gasteiger partial charge >= 0.3 is 0 Å². The minimum absolute atomic E-state index is 0.194. The number of benzene rings is 1. The van der Waals surface area contributed by atoms with Gasteiger partial charge in [-0.3, -0.25) is 5.10 Å². The van der Waals surface area contributed by atoms with Gasteiger partial charge in [0, 0.05) is 5.56 Å². The Morgan fingerprint density at radius 3 is 2.81 bits per heavy atom. The second-order valence-electron chi connectivity index (χ2n) is 3.24. The van der Waals surface area contributed by atoms with Crippen molar-refractivity contribution in [1.82, 2.24) is 20.5 Å². The molecule has 2 N–H and O–H groups in total. The van der Waals surface area contributed by atoms with Crippen LogP contribution in [0.4, 0.5) is 8.78 Å². The van der Waals surface area contributed by atoms with Crippen molar-refractivity contribution in [1.29, 1.82) is 0 Å². The summed E-state index contributed by atoms with van der Waals surface area (Å²) >= 11 is 0. The van der Waals surface area contributed by atoms with Gasteiger partial charge in [-0.25, -0.2) is 13.8 Å². The lowest BCUT2D eigenvalue weighted by atomic mass is 10.1. The van der Waals surface area contributed by atoms with E-state index in [1.54, 1.807) is 7.05 Å². The Hall–Kier alpha value is -1.82. The van der Waals surface area contributed by atoms with Crippen LogP contribution >= 0.6 is 0 Å². The number of nitrogens with zero attached hydrogens (tertiary/aromatic N) is 2. The molecule has 1 aromatic carbocycles. The van der Waals surface area contributed by atoms with Crippen molar-refractivity contribution >= 4 is 0 Å². The van der Waals surface area contributed by atoms with E-state index in [4.69, 9.17) is 0 Å². The van der Waals surface area contributed by atoms with Crippen molar-refractivity contribution in [3.63, 3.8) is 0 Å². The number of aromatic nitrogens is 3. The highest BCUT2D eigenvalue weighted by atomic mass is 19.2. The summed E-state index contributed by atoms with van der Waals surface area (Å²) in [7, 11) is 1.64. The van der Waals surface area contributed by atoms with E-state index in [1.807, 2.05) is 0 Å². The van der Waals surface area contributed by atoms with Gasteiger partial charge in [-0.1, -0.05) is 12.1 Å². The fourth-order valence-electron chi connectivity index (χ4n) is 1.54. The van der Waals surface area contributed by atoms with Crippen molar-refractivity contribution in [2.75, 3.05) is 7.05 Å². The first-order chi connectivity index (χ1) is 7.74. The van der Waals surface area contributed by atoms with E-state index in [9.17, 15) is 8.78 Å². The maximum Gasteiger partial charge on any atom is 0.164 e. The van der Waals surface area contributed by atoms with Crippen molar-refractivity contribution in [2.24, 2.45) is 0 Å². The Balaban J connectivity index is 2.45. The summed E-state index contributed by atoms with van der Waals surface area (Å²) in [5, 5.41) is 9.15. The van der Waals surface area contributed by atoms with Crippen LogP contribution in [-0.2, 0) is 0 Å². The molecule has 2 aromatic rings. The largest absolute Gasteiger partial charge is 0.307 e. The normalized spacial score (nSPS) is 12.7. The number of halogens is 2. The van der Waals surface area contributed by atoms with E-state index in [0.29, 0.717) is 5.82 Å². The fraction of sp³-hybridized carbons (Fsp3) is 0.200. The third-order valence-electron chi connectivity index (χ3n) is 2.29. The first kappa shape index (κ1) is 10.7. The molecule has 0 fully saturated rings. The van der Waals surface area contributed by atoms with Gasteiger partial charge in [-0.15, -0.1) is 0 Å². The molecule has 0 saturated heterocycles. The van der Waals surface area contributed by atoms with Crippen LogP contribution in [0.2, 0.25) is 0 Å². The molecule has 0 aliphatic carbocycles. The quantitative estimate of drug-likeness (QED) is 0.828. The summed E-state index contributed by atoms with van der Waals surface area (Å²) < 4.78 is 26.6. The van der Waals surface area contributed by atoms with Crippen molar-refractivity contribution in [2.45, 2.75) is 6.04 Å². The number of nitrogens with one attached hydrogen (secondary N) is 2. The lowest BCUT2D eigenvalue weighted by molar-refractivity contribution is 0.484. The first-order valence-electron chi connectivity index (χ1n) is 4.70. The highest BCUT2D eigenvalue weighted by molar-refractivity contribution is 5.26. The zero-order valence-corrected chi connectivity index (χ0v) is 8.54. The van der Waals surface area contributed by atoms with Crippen molar-refractivity contribution < 1.29 is 8.78 Å². The summed E-state index contributed by atoms with van der Waals surface area (Å²) in [6.07, 6.45) is 1.32. The molecule has 0 bridgehead atoms. The average molecular weight is 224 g/mol. The molecule has 0 radical (unpaired) electrons. The third kappa shape index (κ3) is 1.79. The van der Waals surface area contributed by atoms with Gasteiger partial charge in [0.2, 0.25) is 0 Å². The van der Waals surface area contributed by atoms with Crippen LogP contribution in [0.25, 0.3) is 0 Å². The summed E-state index contributed by atoms with van der Waals surface area (Å²) in [5.41, 5.74) is 0.194. The van der Waals surface area contributed by atoms with E-state index in [2.05, 4.69) is 20.5 Å². The summed E-state index contributed by atoms with van der Waals surface area (Å²) in [6, 6.07) is 3.49. The maximum atomic E-state index is 13.6. The summed E-state index contributed by atoms with van der Waals surface area (Å²) in [6.45, 7) is 0. The zero-order valence-electron chi connectivity index (χ0n) is 8.54. The SMILES string of the molecule is CNC(c1ncn[nH]1)c1cccc(F)c1F. The number of aromatic amines is 1. The molecule has 0 aliphatic rings. The smallest absolute Gasteiger partial charge is 0.164 e. The number of hydrogen-bond acceptors (Lipinski definition) is 3. The van der Waals surface area contributed by atoms with Crippen LogP contribution in [0, 0.1) is 11.6 Å². The molecule has 1 unspecified atom stereocenters. The molecule has 2 rings (SSSR count). The fourth-order valence-corrected chi connectivity index (χ4v) is 1.54. The first-order valence-corrected chi connectivity index (χ1v) is 4.70. The predicted octanol–water partition coefficient (Wildman–Crippen LogP) is 1.39. The van der Waals surface area contributed by atoms with E-state index in [0.717, 1.165) is 6.07 Å². The molecule has 1 aromatic heterocycles. The van der Waals surface area contributed by atoms with Gasteiger partial charge in [-0.2, -0.15) is 5.10 Å².